The second-order valence-corrected chi connectivity index (χ2v) is 12.9. The summed E-state index contributed by atoms with van der Waals surface area (Å²) in [6.07, 6.45) is 1.78. The van der Waals surface area contributed by atoms with Crippen molar-refractivity contribution in [3.05, 3.63) is 69.5 Å². The summed E-state index contributed by atoms with van der Waals surface area (Å²) >= 11 is 5.81. The predicted molar refractivity (Wildman–Crippen MR) is 120 cm³/mol. The van der Waals surface area contributed by atoms with Crippen LogP contribution in [0.15, 0.2) is 81.7 Å². The minimum atomic E-state index is -4.22. The molecule has 0 amide bonds. The summed E-state index contributed by atoms with van der Waals surface area (Å²) in [5, 5.41) is 9.29. The Balaban J connectivity index is 2.37. The number of nitrogens with zero attached hydrogens (tertiary/aromatic N) is 2. The summed E-state index contributed by atoms with van der Waals surface area (Å²) in [6.45, 7) is 1.84. The van der Waals surface area contributed by atoms with Crippen LogP contribution < -0.4 is 0 Å². The van der Waals surface area contributed by atoms with Crippen molar-refractivity contribution in [3.63, 3.8) is 0 Å². The molecule has 0 aliphatic rings. The number of aryl methyl sites for hydroxylation is 1. The average Bonchev–Trinajstić information content (AvgIpc) is 3.12. The lowest BCUT2D eigenvalue weighted by Crippen LogP contribution is -2.07. The zero-order valence-electron chi connectivity index (χ0n) is 15.3. The van der Waals surface area contributed by atoms with E-state index in [1.165, 1.54) is 41.3 Å². The maximum atomic E-state index is 14.2. The summed E-state index contributed by atoms with van der Waals surface area (Å²) in [5.74, 6) is 0. The summed E-state index contributed by atoms with van der Waals surface area (Å²) < 4.78 is 45.5. The van der Waals surface area contributed by atoms with Crippen molar-refractivity contribution in [1.29, 1.82) is 5.26 Å². The van der Waals surface area contributed by atoms with Crippen molar-refractivity contribution in [2.75, 3.05) is 6.26 Å². The molecule has 0 fully saturated rings. The molecule has 1 unspecified atom stereocenters. The molecule has 0 saturated heterocycles. The van der Waals surface area contributed by atoms with Gasteiger partial charge in [0, 0.05) is 4.47 Å². The van der Waals surface area contributed by atoms with Gasteiger partial charge in [0.05, 0.1) is 18.9 Å². The highest BCUT2D eigenvalue weighted by atomic mass is 79.9. The molecule has 0 spiro atoms. The second kappa shape index (κ2) is 8.62. The lowest BCUT2D eigenvalue weighted by atomic mass is 10.2. The molecule has 3 aromatic rings. The first kappa shape index (κ1) is 22.1. The van der Waals surface area contributed by atoms with Crippen LogP contribution in [0.5, 0.6) is 0 Å². The number of hydrogen-bond acceptors (Lipinski definition) is 6. The van der Waals surface area contributed by atoms with Crippen LogP contribution >= 0.6 is 39.0 Å². The van der Waals surface area contributed by atoms with Gasteiger partial charge in [0.1, 0.15) is 20.7 Å². The van der Waals surface area contributed by atoms with Crippen LogP contribution in [0.1, 0.15) is 10.4 Å². The van der Waals surface area contributed by atoms with Gasteiger partial charge in [-0.15, -0.1) is 23.1 Å². The van der Waals surface area contributed by atoms with E-state index in [-0.39, 0.29) is 14.7 Å². The van der Waals surface area contributed by atoms with Gasteiger partial charge in [0.15, 0.2) is 0 Å². The SMILES string of the molecule is CSc1sc(C#N)cc1S(=O)(=NS(=O)(=O)c1ccc(C)cc1)c1cccc(Br)c1. The molecular weight excluding hydrogens is 512 g/mol. The molecule has 29 heavy (non-hydrogen) atoms. The number of hydrogen-bond donors (Lipinski definition) is 0. The summed E-state index contributed by atoms with van der Waals surface area (Å²) in [7, 11) is -7.79. The fourth-order valence-corrected chi connectivity index (χ4v) is 9.51. The van der Waals surface area contributed by atoms with Crippen molar-refractivity contribution in [3.8, 4) is 6.07 Å². The molecule has 0 aliphatic heterocycles. The predicted octanol–water partition coefficient (Wildman–Crippen LogP) is 5.69. The maximum Gasteiger partial charge on any atom is 0.290 e. The maximum absolute atomic E-state index is 14.2. The minimum absolute atomic E-state index is 0.0349. The molecule has 1 aromatic heterocycles. The Bertz CT molecular complexity index is 1330. The van der Waals surface area contributed by atoms with Crippen LogP contribution in [0, 0.1) is 18.3 Å². The summed E-state index contributed by atoms with van der Waals surface area (Å²) in [6, 6.07) is 16.3. The molecule has 0 aliphatic carbocycles. The van der Waals surface area contributed by atoms with Gasteiger partial charge in [0.25, 0.3) is 10.0 Å². The van der Waals surface area contributed by atoms with Crippen LogP contribution in [0.2, 0.25) is 0 Å². The number of nitriles is 1. The number of thiophene rings is 1. The summed E-state index contributed by atoms with van der Waals surface area (Å²) in [4.78, 5) is 0.794. The lowest BCUT2D eigenvalue weighted by molar-refractivity contribution is 0.598. The van der Waals surface area contributed by atoms with E-state index in [9.17, 15) is 17.9 Å². The Labute approximate surface area is 187 Å². The third kappa shape index (κ3) is 4.59. The molecule has 150 valence electrons. The highest BCUT2D eigenvalue weighted by Gasteiger charge is 2.27. The van der Waals surface area contributed by atoms with Crippen LogP contribution in [0.3, 0.4) is 0 Å². The van der Waals surface area contributed by atoms with E-state index in [4.69, 9.17) is 0 Å². The number of thioether (sulfide) groups is 1. The normalized spacial score (nSPS) is 13.4. The Kier molecular flexibility index (Phi) is 6.55. The molecule has 5 nitrogen and oxygen atoms in total. The summed E-state index contributed by atoms with van der Waals surface area (Å²) in [5.41, 5.74) is 0.901. The number of sulfonamides is 1. The van der Waals surface area contributed by atoms with Gasteiger partial charge in [-0.05, 0) is 49.6 Å². The van der Waals surface area contributed by atoms with Crippen LogP contribution in [0.25, 0.3) is 0 Å². The standard InChI is InChI=1S/C19H15BrN2O3S4/c1-13-6-8-16(9-7-13)29(24,25)22-28(23,17-5-3-4-14(20)10-17)18-11-15(12-21)27-19(18)26-2/h3-11H,1-2H3. The quantitative estimate of drug-likeness (QED) is 0.398. The Morgan fingerprint density at radius 1 is 1.07 bits per heavy atom. The molecule has 0 N–H and O–H groups in total. The van der Waals surface area contributed by atoms with Gasteiger partial charge in [-0.3, -0.25) is 0 Å². The molecule has 0 saturated carbocycles. The number of halogens is 1. The van der Waals surface area contributed by atoms with Crippen LogP contribution in [-0.2, 0) is 19.8 Å². The zero-order chi connectivity index (χ0) is 21.2. The van der Waals surface area contributed by atoms with Crippen molar-refractivity contribution < 1.29 is 12.6 Å². The number of rotatable bonds is 5. The first-order chi connectivity index (χ1) is 13.7. The fourth-order valence-electron chi connectivity index (χ4n) is 2.49. The molecule has 1 atom stereocenters. The third-order valence-electron chi connectivity index (χ3n) is 3.90. The van der Waals surface area contributed by atoms with Crippen molar-refractivity contribution in [2.45, 2.75) is 25.8 Å². The van der Waals surface area contributed by atoms with Gasteiger partial charge in [-0.25, -0.2) is 4.21 Å². The van der Waals surface area contributed by atoms with E-state index in [2.05, 4.69) is 19.7 Å². The Morgan fingerprint density at radius 3 is 2.34 bits per heavy atom. The van der Waals surface area contributed by atoms with E-state index in [0.29, 0.717) is 13.6 Å². The molecule has 10 heteroatoms. The lowest BCUT2D eigenvalue weighted by Gasteiger charge is -2.12. The van der Waals surface area contributed by atoms with Crippen LogP contribution in [0.4, 0.5) is 0 Å². The largest absolute Gasteiger partial charge is 0.290 e. The minimum Gasteiger partial charge on any atom is -0.239 e. The van der Waals surface area contributed by atoms with E-state index >= 15 is 0 Å². The molecule has 3 rings (SSSR count). The first-order valence-electron chi connectivity index (χ1n) is 8.13. The molecule has 1 heterocycles. The van der Waals surface area contributed by atoms with Gasteiger partial charge in [-0.1, -0.05) is 43.5 Å². The van der Waals surface area contributed by atoms with Gasteiger partial charge in [-0.2, -0.15) is 13.7 Å². The van der Waals surface area contributed by atoms with E-state index in [1.807, 2.05) is 13.0 Å². The van der Waals surface area contributed by atoms with Gasteiger partial charge >= 0.3 is 0 Å². The monoisotopic (exact) mass is 526 g/mol. The molecule has 0 bridgehead atoms. The van der Waals surface area contributed by atoms with Crippen molar-refractivity contribution in [2.24, 2.45) is 3.77 Å². The fraction of sp³-hybridized carbons (Fsp3) is 0.105. The highest BCUT2D eigenvalue weighted by molar-refractivity contribution is 9.10. The molecule has 0 radical (unpaired) electrons. The zero-order valence-corrected chi connectivity index (χ0v) is 20.2. The topological polar surface area (TPSA) is 87.4 Å². The number of benzene rings is 2. The van der Waals surface area contributed by atoms with Gasteiger partial charge < -0.3 is 0 Å². The van der Waals surface area contributed by atoms with E-state index < -0.39 is 19.8 Å². The van der Waals surface area contributed by atoms with Crippen molar-refractivity contribution in [1.82, 2.24) is 0 Å². The molecule has 2 aromatic carbocycles. The Morgan fingerprint density at radius 2 is 1.76 bits per heavy atom. The highest BCUT2D eigenvalue weighted by Crippen LogP contribution is 2.39. The van der Waals surface area contributed by atoms with Crippen molar-refractivity contribution >= 4 is 58.8 Å². The average molecular weight is 528 g/mol. The molecular formula is C19H15BrN2O3S4. The van der Waals surface area contributed by atoms with E-state index in [1.54, 1.807) is 42.7 Å². The smallest absolute Gasteiger partial charge is 0.239 e. The Hall–Kier alpha value is -1.64. The first-order valence-corrected chi connectivity index (χ1v) is 13.9. The second-order valence-electron chi connectivity index (χ2n) is 5.92. The van der Waals surface area contributed by atoms with Gasteiger partial charge in [0.2, 0.25) is 0 Å². The van der Waals surface area contributed by atoms with E-state index in [0.717, 1.165) is 5.56 Å². The third-order valence-corrected chi connectivity index (χ3v) is 11.1. The van der Waals surface area contributed by atoms with Crippen LogP contribution in [-0.4, -0.2) is 18.9 Å².